The van der Waals surface area contributed by atoms with Crippen LogP contribution in [0.1, 0.15) is 22.3 Å². The molecule has 3 rings (SSSR count). The summed E-state index contributed by atoms with van der Waals surface area (Å²) in [6.07, 6.45) is 1.78. The van der Waals surface area contributed by atoms with E-state index in [1.807, 2.05) is 24.3 Å². The Morgan fingerprint density at radius 2 is 1.73 bits per heavy atom. The highest BCUT2D eigenvalue weighted by Crippen LogP contribution is 2.21. The van der Waals surface area contributed by atoms with E-state index in [0.29, 0.717) is 12.1 Å². The molecule has 4 heteroatoms. The minimum absolute atomic E-state index is 0.151. The number of urea groups is 1. The first-order chi connectivity index (χ1) is 10.7. The van der Waals surface area contributed by atoms with E-state index >= 15 is 0 Å². The van der Waals surface area contributed by atoms with Crippen LogP contribution in [0.5, 0.6) is 0 Å². The van der Waals surface area contributed by atoms with Crippen molar-refractivity contribution in [2.45, 2.75) is 25.4 Å². The summed E-state index contributed by atoms with van der Waals surface area (Å²) in [6, 6.07) is 17.6. The third-order valence-corrected chi connectivity index (χ3v) is 3.92. The first-order valence-electron chi connectivity index (χ1n) is 7.35. The molecular formula is C18H17N3O. The van der Waals surface area contributed by atoms with Crippen molar-refractivity contribution < 1.29 is 4.79 Å². The van der Waals surface area contributed by atoms with Gasteiger partial charge in [-0.2, -0.15) is 5.26 Å². The fourth-order valence-corrected chi connectivity index (χ4v) is 2.78. The number of carbonyl (C=O) groups excluding carboxylic acids is 1. The summed E-state index contributed by atoms with van der Waals surface area (Å²) >= 11 is 0. The van der Waals surface area contributed by atoms with Gasteiger partial charge in [0, 0.05) is 12.6 Å². The Balaban J connectivity index is 1.48. The number of carbonyl (C=O) groups is 1. The van der Waals surface area contributed by atoms with Crippen LogP contribution in [0.15, 0.2) is 48.5 Å². The first-order valence-corrected chi connectivity index (χ1v) is 7.35. The quantitative estimate of drug-likeness (QED) is 0.912. The number of hydrogen-bond donors (Lipinski definition) is 2. The molecule has 1 aliphatic carbocycles. The maximum Gasteiger partial charge on any atom is 0.315 e. The Morgan fingerprint density at radius 1 is 1.09 bits per heavy atom. The van der Waals surface area contributed by atoms with Gasteiger partial charge in [-0.3, -0.25) is 0 Å². The van der Waals surface area contributed by atoms with Gasteiger partial charge in [0.05, 0.1) is 11.6 Å². The minimum Gasteiger partial charge on any atom is -0.335 e. The van der Waals surface area contributed by atoms with Crippen molar-refractivity contribution in [1.29, 1.82) is 5.26 Å². The second-order valence-electron chi connectivity index (χ2n) is 5.51. The molecule has 2 amide bonds. The summed E-state index contributed by atoms with van der Waals surface area (Å²) in [4.78, 5) is 12.0. The van der Waals surface area contributed by atoms with Gasteiger partial charge in [-0.15, -0.1) is 0 Å². The molecular weight excluding hydrogens is 274 g/mol. The van der Waals surface area contributed by atoms with E-state index in [-0.39, 0.29) is 12.1 Å². The van der Waals surface area contributed by atoms with Crippen molar-refractivity contribution in [3.8, 4) is 6.07 Å². The molecule has 4 nitrogen and oxygen atoms in total. The largest absolute Gasteiger partial charge is 0.335 e. The molecule has 2 aromatic rings. The van der Waals surface area contributed by atoms with Crippen molar-refractivity contribution >= 4 is 6.03 Å². The average Bonchev–Trinajstić information content (AvgIpc) is 2.95. The zero-order chi connectivity index (χ0) is 15.4. The Bertz CT molecular complexity index is 691. The van der Waals surface area contributed by atoms with Gasteiger partial charge in [-0.25, -0.2) is 4.79 Å². The van der Waals surface area contributed by atoms with Crippen LogP contribution >= 0.6 is 0 Å². The van der Waals surface area contributed by atoms with Gasteiger partial charge >= 0.3 is 6.03 Å². The lowest BCUT2D eigenvalue weighted by molar-refractivity contribution is 0.237. The van der Waals surface area contributed by atoms with Gasteiger partial charge in [0.2, 0.25) is 0 Å². The van der Waals surface area contributed by atoms with E-state index in [2.05, 4.69) is 28.8 Å². The molecule has 2 N–H and O–H groups in total. The Kier molecular flexibility index (Phi) is 4.06. The molecule has 0 bridgehead atoms. The number of nitrogens with one attached hydrogen (secondary N) is 2. The van der Waals surface area contributed by atoms with Gasteiger partial charge in [0.25, 0.3) is 0 Å². The second kappa shape index (κ2) is 6.31. The SMILES string of the molecule is N#Cc1ccc(CNC(=O)NC2Cc3ccccc3C2)cc1. The Labute approximate surface area is 129 Å². The first kappa shape index (κ1) is 14.2. The van der Waals surface area contributed by atoms with Crippen LogP contribution < -0.4 is 10.6 Å². The van der Waals surface area contributed by atoms with E-state index < -0.39 is 0 Å². The normalized spacial score (nSPS) is 13.2. The lowest BCUT2D eigenvalue weighted by Gasteiger charge is -2.13. The summed E-state index contributed by atoms with van der Waals surface area (Å²) in [5.74, 6) is 0. The van der Waals surface area contributed by atoms with E-state index in [4.69, 9.17) is 5.26 Å². The maximum absolute atomic E-state index is 12.0. The monoisotopic (exact) mass is 291 g/mol. The van der Waals surface area contributed by atoms with E-state index in [9.17, 15) is 4.79 Å². The van der Waals surface area contributed by atoms with Crippen LogP contribution in [0.3, 0.4) is 0 Å². The standard InChI is InChI=1S/C18H17N3O/c19-11-13-5-7-14(8-6-13)12-20-18(22)21-17-9-15-3-1-2-4-16(15)10-17/h1-8,17H,9-10,12H2,(H2,20,21,22). The third-order valence-electron chi connectivity index (χ3n) is 3.92. The van der Waals surface area contributed by atoms with Crippen LogP contribution in [0.25, 0.3) is 0 Å². The molecule has 0 atom stereocenters. The predicted molar refractivity (Wildman–Crippen MR) is 84.2 cm³/mol. The lowest BCUT2D eigenvalue weighted by Crippen LogP contribution is -2.42. The maximum atomic E-state index is 12.0. The predicted octanol–water partition coefficient (Wildman–Crippen LogP) is 2.52. The lowest BCUT2D eigenvalue weighted by atomic mass is 10.1. The van der Waals surface area contributed by atoms with Crippen LogP contribution in [0.2, 0.25) is 0 Å². The van der Waals surface area contributed by atoms with Crippen LogP contribution in [0, 0.1) is 11.3 Å². The minimum atomic E-state index is -0.151. The molecule has 110 valence electrons. The fourth-order valence-electron chi connectivity index (χ4n) is 2.78. The summed E-state index contributed by atoms with van der Waals surface area (Å²) in [5, 5.41) is 14.6. The number of benzene rings is 2. The van der Waals surface area contributed by atoms with Crippen molar-refractivity contribution in [2.24, 2.45) is 0 Å². The molecule has 1 aliphatic rings. The third kappa shape index (κ3) is 3.26. The van der Waals surface area contributed by atoms with E-state index in [1.54, 1.807) is 12.1 Å². The summed E-state index contributed by atoms with van der Waals surface area (Å²) in [6.45, 7) is 0.456. The van der Waals surface area contributed by atoms with E-state index in [0.717, 1.165) is 18.4 Å². The summed E-state index contributed by atoms with van der Waals surface area (Å²) in [7, 11) is 0. The zero-order valence-corrected chi connectivity index (χ0v) is 12.2. The number of nitrogens with zero attached hydrogens (tertiary/aromatic N) is 1. The van der Waals surface area contributed by atoms with Gasteiger partial charge in [-0.05, 0) is 41.7 Å². The number of amides is 2. The highest BCUT2D eigenvalue weighted by atomic mass is 16.2. The Hall–Kier alpha value is -2.80. The summed E-state index contributed by atoms with van der Waals surface area (Å²) in [5.41, 5.74) is 4.24. The number of rotatable bonds is 3. The highest BCUT2D eigenvalue weighted by Gasteiger charge is 2.22. The zero-order valence-electron chi connectivity index (χ0n) is 12.2. The van der Waals surface area contributed by atoms with E-state index in [1.165, 1.54) is 11.1 Å². The van der Waals surface area contributed by atoms with Crippen LogP contribution in [0.4, 0.5) is 4.79 Å². The molecule has 22 heavy (non-hydrogen) atoms. The molecule has 0 saturated heterocycles. The molecule has 0 aromatic heterocycles. The average molecular weight is 291 g/mol. The molecule has 0 radical (unpaired) electrons. The topological polar surface area (TPSA) is 64.9 Å². The van der Waals surface area contributed by atoms with Crippen molar-refractivity contribution in [3.05, 3.63) is 70.8 Å². The van der Waals surface area contributed by atoms with Gasteiger partial charge in [0.15, 0.2) is 0 Å². The summed E-state index contributed by atoms with van der Waals surface area (Å²) < 4.78 is 0. The van der Waals surface area contributed by atoms with Gasteiger partial charge < -0.3 is 10.6 Å². The molecule has 0 saturated carbocycles. The molecule has 2 aromatic carbocycles. The van der Waals surface area contributed by atoms with Crippen molar-refractivity contribution in [2.75, 3.05) is 0 Å². The Morgan fingerprint density at radius 3 is 2.32 bits per heavy atom. The molecule has 0 spiro atoms. The van der Waals surface area contributed by atoms with Crippen LogP contribution in [-0.2, 0) is 19.4 Å². The molecule has 0 unspecified atom stereocenters. The molecule has 0 aliphatic heterocycles. The molecule has 0 fully saturated rings. The highest BCUT2D eigenvalue weighted by molar-refractivity contribution is 5.74. The van der Waals surface area contributed by atoms with Crippen molar-refractivity contribution in [1.82, 2.24) is 10.6 Å². The fraction of sp³-hybridized carbons (Fsp3) is 0.222. The van der Waals surface area contributed by atoms with Gasteiger partial charge in [-0.1, -0.05) is 36.4 Å². The van der Waals surface area contributed by atoms with Crippen molar-refractivity contribution in [3.63, 3.8) is 0 Å². The smallest absolute Gasteiger partial charge is 0.315 e. The second-order valence-corrected chi connectivity index (χ2v) is 5.51. The molecule has 0 heterocycles. The van der Waals surface area contributed by atoms with Gasteiger partial charge in [0.1, 0.15) is 0 Å². The number of fused-ring (bicyclic) bond motifs is 1. The van der Waals surface area contributed by atoms with Crippen LogP contribution in [-0.4, -0.2) is 12.1 Å². The number of hydrogen-bond acceptors (Lipinski definition) is 2. The number of nitriles is 1.